The van der Waals surface area contributed by atoms with E-state index in [0.717, 1.165) is 7.28 Å². The number of allylic oxidation sites excluding steroid dienone is 4. The van der Waals surface area contributed by atoms with Gasteiger partial charge in [-0.15, -0.1) is 12.0 Å². The Bertz CT molecular complexity index is 1110. The van der Waals surface area contributed by atoms with Gasteiger partial charge in [-0.05, 0) is 44.5 Å². The number of rotatable bonds is 0. The van der Waals surface area contributed by atoms with Crippen LogP contribution in [0.15, 0.2) is 102 Å². The molecule has 0 fully saturated rings. The Morgan fingerprint density at radius 2 is 1.04 bits per heavy atom. The summed E-state index contributed by atoms with van der Waals surface area (Å²) in [6.45, 7) is 0. The van der Waals surface area contributed by atoms with Gasteiger partial charge in [0.1, 0.15) is 0 Å². The topological polar surface area (TPSA) is 0 Å². The minimum Gasteiger partial charge on any atom is -0.114 e. The molecule has 2 aliphatic carbocycles. The van der Waals surface area contributed by atoms with Gasteiger partial charge in [0, 0.05) is 0 Å². The van der Waals surface area contributed by atoms with Crippen molar-refractivity contribution in [1.82, 2.24) is 0 Å². The summed E-state index contributed by atoms with van der Waals surface area (Å²) in [5, 5.41) is 0. The highest BCUT2D eigenvalue weighted by molar-refractivity contribution is 6.48. The van der Waals surface area contributed by atoms with Crippen molar-refractivity contribution in [2.24, 2.45) is 0 Å². The van der Waals surface area contributed by atoms with Gasteiger partial charge in [-0.25, -0.2) is 0 Å². The Labute approximate surface area is 154 Å². The van der Waals surface area contributed by atoms with Crippen molar-refractivity contribution in [1.29, 1.82) is 0 Å². The van der Waals surface area contributed by atoms with Crippen LogP contribution < -0.4 is 0 Å². The normalized spacial score (nSPS) is 17.4. The molecule has 0 saturated heterocycles. The zero-order valence-electron chi connectivity index (χ0n) is 14.4. The van der Waals surface area contributed by atoms with Gasteiger partial charge in [-0.3, -0.25) is 0 Å². The lowest BCUT2D eigenvalue weighted by molar-refractivity contribution is 0.786. The fourth-order valence-corrected chi connectivity index (χ4v) is 5.20. The number of benzene rings is 3. The maximum absolute atomic E-state index is 2.37. The fraction of sp³-hybridized carbons (Fsp3) is 0.0400. The van der Waals surface area contributed by atoms with E-state index in [-0.39, 0.29) is 5.41 Å². The summed E-state index contributed by atoms with van der Waals surface area (Å²) in [5.41, 5.74) is 11.0. The molecule has 26 heavy (non-hydrogen) atoms. The first-order valence-corrected chi connectivity index (χ1v) is 9.29. The van der Waals surface area contributed by atoms with Crippen molar-refractivity contribution in [2.45, 2.75) is 5.41 Å². The van der Waals surface area contributed by atoms with Crippen molar-refractivity contribution in [3.63, 3.8) is 0 Å². The number of hydrogen-bond acceptors (Lipinski definition) is 0. The average Bonchev–Trinajstić information content (AvgIpc) is 3.00. The van der Waals surface area contributed by atoms with E-state index in [1.165, 1.54) is 44.5 Å². The molecule has 0 amide bonds. The Balaban J connectivity index is 1.85. The molecule has 0 aromatic heterocycles. The fourth-order valence-electron chi connectivity index (χ4n) is 5.20. The summed E-state index contributed by atoms with van der Waals surface area (Å²) in [6.07, 6.45) is 4.70. The van der Waals surface area contributed by atoms with Gasteiger partial charge in [-0.2, -0.15) is 0 Å². The largest absolute Gasteiger partial charge is 0.173 e. The predicted molar refractivity (Wildman–Crippen MR) is 111 cm³/mol. The summed E-state index contributed by atoms with van der Waals surface area (Å²) in [5.74, 6) is 4.58. The molecule has 3 aliphatic rings. The standard InChI is InChI=1S/C25H17B/c1-4-10-21-17(7-1)18-8-2-5-11-22(18)25(21)23-12-6-3-9-19(23)20-13-15-26-16-14-24(20)25/h1-16,26H. The predicted octanol–water partition coefficient (Wildman–Crippen LogP) is 5.25. The highest BCUT2D eigenvalue weighted by Gasteiger charge is 2.51. The van der Waals surface area contributed by atoms with Crippen molar-refractivity contribution < 1.29 is 0 Å². The Morgan fingerprint density at radius 1 is 0.538 bits per heavy atom. The summed E-state index contributed by atoms with van der Waals surface area (Å²) >= 11 is 0. The Morgan fingerprint density at radius 3 is 1.69 bits per heavy atom. The molecule has 0 nitrogen and oxygen atoms in total. The summed E-state index contributed by atoms with van der Waals surface area (Å²) in [4.78, 5) is 0. The molecule has 0 bridgehead atoms. The molecule has 1 aliphatic heterocycles. The molecule has 0 N–H and O–H groups in total. The molecular weight excluding hydrogens is 311 g/mol. The first kappa shape index (κ1) is 14.1. The lowest BCUT2D eigenvalue weighted by Crippen LogP contribution is -2.26. The second kappa shape index (κ2) is 4.99. The van der Waals surface area contributed by atoms with E-state index in [2.05, 4.69) is 96.9 Å². The maximum atomic E-state index is 2.37. The van der Waals surface area contributed by atoms with E-state index in [4.69, 9.17) is 0 Å². The van der Waals surface area contributed by atoms with Crippen LogP contribution in [0.4, 0.5) is 0 Å². The lowest BCUT2D eigenvalue weighted by Gasteiger charge is -2.31. The van der Waals surface area contributed by atoms with E-state index in [1.807, 2.05) is 0 Å². The lowest BCUT2D eigenvalue weighted by atomic mass is 9.68. The molecule has 120 valence electrons. The van der Waals surface area contributed by atoms with Crippen LogP contribution in [-0.2, 0) is 5.41 Å². The molecule has 1 spiro atoms. The third-order valence-electron chi connectivity index (χ3n) is 6.11. The molecule has 0 atom stereocenters. The second-order valence-corrected chi connectivity index (χ2v) is 7.25. The Kier molecular flexibility index (Phi) is 2.71. The first-order chi connectivity index (χ1) is 12.9. The van der Waals surface area contributed by atoms with Crippen LogP contribution in [0.5, 0.6) is 0 Å². The highest BCUT2D eigenvalue weighted by Crippen LogP contribution is 2.62. The SMILES string of the molecule is B1C=CC2=C(C=C1)C1(c3ccccc32)c2ccccc2-c2ccccc21. The van der Waals surface area contributed by atoms with Crippen LogP contribution in [0.25, 0.3) is 16.7 Å². The quantitative estimate of drug-likeness (QED) is 0.495. The molecule has 3 aromatic rings. The van der Waals surface area contributed by atoms with Gasteiger partial charge in [0.25, 0.3) is 0 Å². The van der Waals surface area contributed by atoms with Gasteiger partial charge < -0.3 is 0 Å². The van der Waals surface area contributed by atoms with E-state index in [9.17, 15) is 0 Å². The van der Waals surface area contributed by atoms with E-state index in [1.54, 1.807) is 0 Å². The third kappa shape index (κ3) is 1.52. The van der Waals surface area contributed by atoms with Gasteiger partial charge >= 0.3 is 0 Å². The molecular formula is C25H17B. The van der Waals surface area contributed by atoms with Crippen LogP contribution >= 0.6 is 0 Å². The monoisotopic (exact) mass is 328 g/mol. The number of fused-ring (bicyclic) bond motifs is 9. The zero-order chi connectivity index (χ0) is 17.1. The molecule has 1 heteroatoms. The smallest absolute Gasteiger partial charge is 0.114 e. The molecule has 0 radical (unpaired) electrons. The Hall–Kier alpha value is -3.06. The minimum absolute atomic E-state index is 0.190. The number of hydrogen-bond donors (Lipinski definition) is 0. The van der Waals surface area contributed by atoms with Crippen molar-refractivity contribution in [3.8, 4) is 11.1 Å². The van der Waals surface area contributed by atoms with Crippen LogP contribution in [0, 0.1) is 0 Å². The third-order valence-corrected chi connectivity index (χ3v) is 6.11. The van der Waals surface area contributed by atoms with Gasteiger partial charge in [-0.1, -0.05) is 84.9 Å². The highest BCUT2D eigenvalue weighted by atomic mass is 14.5. The van der Waals surface area contributed by atoms with E-state index < -0.39 is 0 Å². The molecule has 3 aromatic carbocycles. The summed E-state index contributed by atoms with van der Waals surface area (Å²) in [6, 6.07) is 26.9. The second-order valence-electron chi connectivity index (χ2n) is 7.25. The van der Waals surface area contributed by atoms with Crippen LogP contribution in [0.2, 0.25) is 0 Å². The van der Waals surface area contributed by atoms with Crippen molar-refractivity contribution in [3.05, 3.63) is 125 Å². The van der Waals surface area contributed by atoms with Gasteiger partial charge in [0.15, 0.2) is 7.28 Å². The minimum atomic E-state index is -0.190. The first-order valence-electron chi connectivity index (χ1n) is 9.29. The van der Waals surface area contributed by atoms with Crippen LogP contribution in [0.3, 0.4) is 0 Å². The van der Waals surface area contributed by atoms with Gasteiger partial charge in [0.05, 0.1) is 5.41 Å². The van der Waals surface area contributed by atoms with Crippen molar-refractivity contribution in [2.75, 3.05) is 0 Å². The molecule has 0 saturated carbocycles. The molecule has 6 rings (SSSR count). The maximum Gasteiger partial charge on any atom is 0.173 e. The van der Waals surface area contributed by atoms with Crippen LogP contribution in [0.1, 0.15) is 22.3 Å². The van der Waals surface area contributed by atoms with Gasteiger partial charge in [0.2, 0.25) is 0 Å². The summed E-state index contributed by atoms with van der Waals surface area (Å²) < 4.78 is 0. The average molecular weight is 328 g/mol. The molecule has 1 heterocycles. The summed E-state index contributed by atoms with van der Waals surface area (Å²) in [7, 11) is 0.995. The van der Waals surface area contributed by atoms with E-state index in [0.29, 0.717) is 0 Å². The zero-order valence-corrected chi connectivity index (χ0v) is 14.4. The van der Waals surface area contributed by atoms with Crippen molar-refractivity contribution >= 4 is 12.9 Å². The molecule has 0 unspecified atom stereocenters. The van der Waals surface area contributed by atoms with Crippen LogP contribution in [-0.4, -0.2) is 7.28 Å². The van der Waals surface area contributed by atoms with E-state index >= 15 is 0 Å².